The Hall–Kier alpha value is -2.18. The van der Waals surface area contributed by atoms with Gasteiger partial charge in [0.05, 0.1) is 25.5 Å². The molecule has 6 nitrogen and oxygen atoms in total. The molecule has 0 saturated carbocycles. The summed E-state index contributed by atoms with van der Waals surface area (Å²) in [5.74, 6) is 1.58. The molecular weight excluding hydrogens is 328 g/mol. The molecule has 1 atom stereocenters. The number of fused-ring (bicyclic) bond motifs is 1. The molecule has 1 aromatic heterocycles. The van der Waals surface area contributed by atoms with Crippen LogP contribution in [0.4, 0.5) is 5.82 Å². The van der Waals surface area contributed by atoms with E-state index in [0.29, 0.717) is 18.5 Å². The van der Waals surface area contributed by atoms with E-state index in [9.17, 15) is 0 Å². The summed E-state index contributed by atoms with van der Waals surface area (Å²) in [5.41, 5.74) is 2.23. The maximum absolute atomic E-state index is 5.94. The number of hydrogen-bond acceptors (Lipinski definition) is 6. The monoisotopic (exact) mass is 354 g/mol. The second kappa shape index (κ2) is 8.01. The first-order chi connectivity index (χ1) is 12.8. The first-order valence-corrected chi connectivity index (χ1v) is 9.43. The van der Waals surface area contributed by atoms with Crippen LogP contribution in [0.5, 0.6) is 5.88 Å². The van der Waals surface area contributed by atoms with Crippen molar-refractivity contribution in [2.45, 2.75) is 32.5 Å². The molecule has 1 saturated heterocycles. The van der Waals surface area contributed by atoms with Crippen LogP contribution in [0.15, 0.2) is 36.5 Å². The minimum absolute atomic E-state index is 0.358. The number of benzene rings is 1. The molecular formula is C20H26N4O2. The van der Waals surface area contributed by atoms with E-state index in [2.05, 4.69) is 41.0 Å². The molecule has 0 bridgehead atoms. The molecule has 0 N–H and O–H groups in total. The highest BCUT2D eigenvalue weighted by atomic mass is 16.5. The smallest absolute Gasteiger partial charge is 0.239 e. The van der Waals surface area contributed by atoms with E-state index in [1.165, 1.54) is 5.56 Å². The van der Waals surface area contributed by atoms with Crippen LogP contribution < -0.4 is 9.64 Å². The second-order valence-corrected chi connectivity index (χ2v) is 6.86. The molecule has 138 valence electrons. The minimum Gasteiger partial charge on any atom is -0.475 e. The van der Waals surface area contributed by atoms with Gasteiger partial charge in [0.25, 0.3) is 0 Å². The molecule has 0 spiro atoms. The molecule has 0 radical (unpaired) electrons. The van der Waals surface area contributed by atoms with E-state index in [1.54, 1.807) is 0 Å². The number of aromatic nitrogens is 2. The number of nitrogens with zero attached hydrogens (tertiary/aromatic N) is 4. The Bertz CT molecular complexity index is 725. The van der Waals surface area contributed by atoms with E-state index < -0.39 is 0 Å². The Morgan fingerprint density at radius 1 is 1.15 bits per heavy atom. The van der Waals surface area contributed by atoms with Crippen molar-refractivity contribution >= 4 is 5.82 Å². The minimum atomic E-state index is 0.358. The van der Waals surface area contributed by atoms with Gasteiger partial charge in [0.2, 0.25) is 5.88 Å². The van der Waals surface area contributed by atoms with Gasteiger partial charge in [0.1, 0.15) is 12.3 Å². The van der Waals surface area contributed by atoms with Crippen molar-refractivity contribution in [1.82, 2.24) is 14.9 Å². The Balaban J connectivity index is 1.50. The SMILES string of the molecule is CC[C@@H]1COCCN1c1cnc2c(n1)OCCN(Cc1ccccc1)C2. The molecule has 0 amide bonds. The van der Waals surface area contributed by atoms with Crippen LogP contribution in [0.25, 0.3) is 0 Å². The van der Waals surface area contributed by atoms with Crippen molar-refractivity contribution in [3.63, 3.8) is 0 Å². The van der Waals surface area contributed by atoms with Crippen LogP contribution in [-0.4, -0.2) is 53.8 Å². The predicted octanol–water partition coefficient (Wildman–Crippen LogP) is 2.49. The van der Waals surface area contributed by atoms with Crippen LogP contribution in [0.2, 0.25) is 0 Å². The largest absolute Gasteiger partial charge is 0.475 e. The van der Waals surface area contributed by atoms with Crippen LogP contribution in [0.3, 0.4) is 0 Å². The number of ether oxygens (including phenoxy) is 2. The van der Waals surface area contributed by atoms with Gasteiger partial charge in [-0.15, -0.1) is 0 Å². The van der Waals surface area contributed by atoms with Crippen molar-refractivity contribution in [2.24, 2.45) is 0 Å². The van der Waals surface area contributed by atoms with Gasteiger partial charge in [0.15, 0.2) is 5.82 Å². The fourth-order valence-corrected chi connectivity index (χ4v) is 3.58. The third-order valence-electron chi connectivity index (χ3n) is 5.06. The lowest BCUT2D eigenvalue weighted by atomic mass is 10.2. The van der Waals surface area contributed by atoms with Gasteiger partial charge < -0.3 is 14.4 Å². The normalized spacial score (nSPS) is 21.0. The zero-order valence-corrected chi connectivity index (χ0v) is 15.3. The maximum atomic E-state index is 5.94. The maximum Gasteiger partial charge on any atom is 0.239 e. The van der Waals surface area contributed by atoms with Crippen LogP contribution in [0, 0.1) is 0 Å². The average Bonchev–Trinajstić information content (AvgIpc) is 2.89. The third kappa shape index (κ3) is 3.81. The first kappa shape index (κ1) is 17.2. The van der Waals surface area contributed by atoms with Gasteiger partial charge in [-0.05, 0) is 12.0 Å². The summed E-state index contributed by atoms with van der Waals surface area (Å²) < 4.78 is 11.5. The summed E-state index contributed by atoms with van der Waals surface area (Å²) >= 11 is 0. The van der Waals surface area contributed by atoms with E-state index in [-0.39, 0.29) is 0 Å². The highest BCUT2D eigenvalue weighted by Gasteiger charge is 2.25. The topological polar surface area (TPSA) is 50.7 Å². The van der Waals surface area contributed by atoms with E-state index in [4.69, 9.17) is 19.4 Å². The van der Waals surface area contributed by atoms with E-state index in [1.807, 2.05) is 12.3 Å². The summed E-state index contributed by atoms with van der Waals surface area (Å²) in [6.45, 7) is 7.69. The summed E-state index contributed by atoms with van der Waals surface area (Å²) in [6, 6.07) is 10.9. The number of rotatable bonds is 4. The van der Waals surface area contributed by atoms with Gasteiger partial charge in [-0.1, -0.05) is 37.3 Å². The molecule has 0 unspecified atom stereocenters. The number of anilines is 1. The summed E-state index contributed by atoms with van der Waals surface area (Å²) in [4.78, 5) is 14.2. The van der Waals surface area contributed by atoms with Gasteiger partial charge in [0, 0.05) is 26.2 Å². The lowest BCUT2D eigenvalue weighted by Gasteiger charge is -2.35. The molecule has 2 aliphatic heterocycles. The van der Waals surface area contributed by atoms with Crippen molar-refractivity contribution < 1.29 is 9.47 Å². The predicted molar refractivity (Wildman–Crippen MR) is 100 cm³/mol. The average molecular weight is 354 g/mol. The third-order valence-corrected chi connectivity index (χ3v) is 5.06. The molecule has 6 heteroatoms. The Morgan fingerprint density at radius 2 is 2.04 bits per heavy atom. The van der Waals surface area contributed by atoms with Gasteiger partial charge in [-0.3, -0.25) is 9.88 Å². The Labute approximate surface area is 154 Å². The fourth-order valence-electron chi connectivity index (χ4n) is 3.58. The van der Waals surface area contributed by atoms with Gasteiger partial charge in [-0.25, -0.2) is 0 Å². The molecule has 3 heterocycles. The van der Waals surface area contributed by atoms with E-state index >= 15 is 0 Å². The molecule has 0 aliphatic carbocycles. The molecule has 1 aromatic carbocycles. The van der Waals surface area contributed by atoms with Crippen molar-refractivity contribution in [1.29, 1.82) is 0 Å². The molecule has 4 rings (SSSR count). The fraction of sp³-hybridized carbons (Fsp3) is 0.500. The van der Waals surface area contributed by atoms with Crippen molar-refractivity contribution in [2.75, 3.05) is 37.8 Å². The zero-order valence-electron chi connectivity index (χ0n) is 15.3. The molecule has 1 fully saturated rings. The second-order valence-electron chi connectivity index (χ2n) is 6.86. The standard InChI is InChI=1S/C20H26N4O2/c1-2-17-15-25-10-9-24(17)19-12-21-18-14-23(8-11-26-20(18)22-19)13-16-6-4-3-5-7-16/h3-7,12,17H,2,8-11,13-15H2,1H3/t17-/m1/s1. The number of morpholine rings is 1. The van der Waals surface area contributed by atoms with Crippen LogP contribution in [0.1, 0.15) is 24.6 Å². The van der Waals surface area contributed by atoms with E-state index in [0.717, 1.165) is 57.3 Å². The number of hydrogen-bond donors (Lipinski definition) is 0. The zero-order chi connectivity index (χ0) is 17.8. The summed E-state index contributed by atoms with van der Waals surface area (Å²) in [5, 5.41) is 0. The van der Waals surface area contributed by atoms with Crippen molar-refractivity contribution in [3.8, 4) is 5.88 Å². The molecule has 26 heavy (non-hydrogen) atoms. The quantitative estimate of drug-likeness (QED) is 0.841. The van der Waals surface area contributed by atoms with Crippen LogP contribution in [-0.2, 0) is 17.8 Å². The highest BCUT2D eigenvalue weighted by Crippen LogP contribution is 2.25. The van der Waals surface area contributed by atoms with Gasteiger partial charge in [-0.2, -0.15) is 4.98 Å². The summed E-state index contributed by atoms with van der Waals surface area (Å²) in [6.07, 6.45) is 2.92. The Morgan fingerprint density at radius 3 is 2.88 bits per heavy atom. The molecule has 2 aromatic rings. The van der Waals surface area contributed by atoms with Crippen molar-refractivity contribution in [3.05, 3.63) is 47.8 Å². The van der Waals surface area contributed by atoms with Crippen LogP contribution >= 0.6 is 0 Å². The highest BCUT2D eigenvalue weighted by molar-refractivity contribution is 5.41. The molecule has 2 aliphatic rings. The summed E-state index contributed by atoms with van der Waals surface area (Å²) in [7, 11) is 0. The van der Waals surface area contributed by atoms with Gasteiger partial charge >= 0.3 is 0 Å². The lowest BCUT2D eigenvalue weighted by Crippen LogP contribution is -2.45. The first-order valence-electron chi connectivity index (χ1n) is 9.43. The Kier molecular flexibility index (Phi) is 5.32. The lowest BCUT2D eigenvalue weighted by molar-refractivity contribution is 0.0924.